The fraction of sp³-hybridized carbons (Fsp3) is 0.154. The third kappa shape index (κ3) is 4.19. The summed E-state index contributed by atoms with van der Waals surface area (Å²) >= 11 is 0. The lowest BCUT2D eigenvalue weighted by Crippen LogP contribution is -2.31. The second kappa shape index (κ2) is 9.30. The molecule has 1 amide bonds. The van der Waals surface area contributed by atoms with Gasteiger partial charge in [0.05, 0.1) is 25.5 Å². The van der Waals surface area contributed by atoms with Gasteiger partial charge in [0.25, 0.3) is 5.91 Å². The molecule has 0 saturated heterocycles. The van der Waals surface area contributed by atoms with E-state index < -0.39 is 6.04 Å². The standard InChI is InChI=1S/C26H24N6O3/c1-16-22(25(33)29-20-8-4-5-9-21(20)35-3)23(18-7-6-14-27-15-18)32-26(28-16)30-24(31-32)17-10-12-19(34-2)13-11-17/h4-15,23H,1-3H3,(H,29,33)(H,28,30,31). The number of allylic oxidation sites excluding steroid dienone is 1. The van der Waals surface area contributed by atoms with E-state index in [1.165, 1.54) is 0 Å². The molecule has 2 N–H and O–H groups in total. The van der Waals surface area contributed by atoms with Gasteiger partial charge in [-0.25, -0.2) is 4.68 Å². The number of amides is 1. The van der Waals surface area contributed by atoms with Crippen molar-refractivity contribution in [3.8, 4) is 22.9 Å². The fourth-order valence-electron chi connectivity index (χ4n) is 4.09. The van der Waals surface area contributed by atoms with Crippen LogP contribution in [0.25, 0.3) is 11.4 Å². The van der Waals surface area contributed by atoms with E-state index in [-0.39, 0.29) is 5.91 Å². The van der Waals surface area contributed by atoms with Crippen LogP contribution in [0.5, 0.6) is 11.5 Å². The monoisotopic (exact) mass is 468 g/mol. The highest BCUT2D eigenvalue weighted by molar-refractivity contribution is 6.06. The molecular weight excluding hydrogens is 444 g/mol. The lowest BCUT2D eigenvalue weighted by Gasteiger charge is -2.28. The molecule has 1 aliphatic rings. The molecular formula is C26H24N6O3. The number of pyridine rings is 1. The van der Waals surface area contributed by atoms with Gasteiger partial charge in [-0.3, -0.25) is 9.78 Å². The van der Waals surface area contributed by atoms with Crippen molar-refractivity contribution in [1.82, 2.24) is 19.7 Å². The molecule has 1 aliphatic heterocycles. The zero-order valence-electron chi connectivity index (χ0n) is 19.5. The van der Waals surface area contributed by atoms with Crippen LogP contribution in [0.2, 0.25) is 0 Å². The quantitative estimate of drug-likeness (QED) is 0.435. The number of benzene rings is 2. The van der Waals surface area contributed by atoms with Crippen LogP contribution in [0.1, 0.15) is 18.5 Å². The molecule has 1 unspecified atom stereocenters. The molecule has 0 aliphatic carbocycles. The number of nitrogens with zero attached hydrogens (tertiary/aromatic N) is 4. The highest BCUT2D eigenvalue weighted by Gasteiger charge is 2.35. The highest BCUT2D eigenvalue weighted by Crippen LogP contribution is 2.37. The minimum Gasteiger partial charge on any atom is -0.497 e. The molecule has 2 aromatic heterocycles. The van der Waals surface area contributed by atoms with Crippen molar-refractivity contribution in [2.24, 2.45) is 0 Å². The zero-order chi connectivity index (χ0) is 24.4. The predicted molar refractivity (Wildman–Crippen MR) is 132 cm³/mol. The van der Waals surface area contributed by atoms with Crippen LogP contribution in [0, 0.1) is 0 Å². The van der Waals surface area contributed by atoms with Crippen LogP contribution >= 0.6 is 0 Å². The Hall–Kier alpha value is -4.66. The molecule has 0 radical (unpaired) electrons. The Morgan fingerprint density at radius 2 is 1.83 bits per heavy atom. The Balaban J connectivity index is 1.57. The van der Waals surface area contributed by atoms with E-state index in [0.717, 1.165) is 16.9 Å². The largest absolute Gasteiger partial charge is 0.497 e. The number of carbonyl (C=O) groups excluding carboxylic acids is 1. The molecule has 0 saturated carbocycles. The van der Waals surface area contributed by atoms with Crippen molar-refractivity contribution in [3.05, 3.63) is 89.9 Å². The highest BCUT2D eigenvalue weighted by atomic mass is 16.5. The van der Waals surface area contributed by atoms with Gasteiger partial charge in [0.1, 0.15) is 17.5 Å². The Morgan fingerprint density at radius 3 is 2.54 bits per heavy atom. The first-order valence-electron chi connectivity index (χ1n) is 11.0. The zero-order valence-corrected chi connectivity index (χ0v) is 19.5. The molecule has 1 atom stereocenters. The number of aromatic nitrogens is 4. The average molecular weight is 469 g/mol. The Morgan fingerprint density at radius 1 is 1.03 bits per heavy atom. The first-order valence-corrected chi connectivity index (χ1v) is 11.0. The van der Waals surface area contributed by atoms with E-state index in [9.17, 15) is 4.79 Å². The molecule has 0 fully saturated rings. The summed E-state index contributed by atoms with van der Waals surface area (Å²) in [6.07, 6.45) is 3.43. The Labute approximate surface area is 202 Å². The maximum Gasteiger partial charge on any atom is 0.255 e. The average Bonchev–Trinajstić information content (AvgIpc) is 3.32. The SMILES string of the molecule is COc1ccc(-c2nc3n(n2)C(c2cccnc2)C(C(=O)Nc2ccccc2OC)=C(C)N3)cc1. The van der Waals surface area contributed by atoms with E-state index in [1.54, 1.807) is 43.4 Å². The summed E-state index contributed by atoms with van der Waals surface area (Å²) in [5.41, 5.74) is 3.40. The summed E-state index contributed by atoms with van der Waals surface area (Å²) in [5.74, 6) is 2.11. The lowest BCUT2D eigenvalue weighted by molar-refractivity contribution is -0.113. The van der Waals surface area contributed by atoms with Gasteiger partial charge in [0.2, 0.25) is 5.95 Å². The number of hydrogen-bond donors (Lipinski definition) is 2. The minimum atomic E-state index is -0.533. The van der Waals surface area contributed by atoms with Crippen molar-refractivity contribution in [3.63, 3.8) is 0 Å². The topological polar surface area (TPSA) is 103 Å². The van der Waals surface area contributed by atoms with Crippen LogP contribution in [0.15, 0.2) is 84.3 Å². The number of carbonyl (C=O) groups is 1. The van der Waals surface area contributed by atoms with Gasteiger partial charge in [-0.1, -0.05) is 18.2 Å². The van der Waals surface area contributed by atoms with Gasteiger partial charge in [0, 0.05) is 23.7 Å². The van der Waals surface area contributed by atoms with E-state index >= 15 is 0 Å². The van der Waals surface area contributed by atoms with Crippen molar-refractivity contribution in [1.29, 1.82) is 0 Å². The van der Waals surface area contributed by atoms with Crippen molar-refractivity contribution in [2.45, 2.75) is 13.0 Å². The molecule has 3 heterocycles. The number of rotatable bonds is 6. The molecule has 176 valence electrons. The van der Waals surface area contributed by atoms with E-state index in [2.05, 4.69) is 15.6 Å². The fourth-order valence-corrected chi connectivity index (χ4v) is 4.09. The van der Waals surface area contributed by atoms with E-state index in [1.807, 2.05) is 55.5 Å². The smallest absolute Gasteiger partial charge is 0.255 e. The predicted octanol–water partition coefficient (Wildman–Crippen LogP) is 4.28. The molecule has 9 nitrogen and oxygen atoms in total. The molecule has 4 aromatic rings. The van der Waals surface area contributed by atoms with Gasteiger partial charge < -0.3 is 20.1 Å². The summed E-state index contributed by atoms with van der Waals surface area (Å²) in [4.78, 5) is 22.6. The van der Waals surface area contributed by atoms with E-state index in [0.29, 0.717) is 34.5 Å². The maximum atomic E-state index is 13.6. The van der Waals surface area contributed by atoms with Gasteiger partial charge in [-0.2, -0.15) is 4.98 Å². The van der Waals surface area contributed by atoms with Gasteiger partial charge in [-0.15, -0.1) is 5.10 Å². The molecule has 0 bridgehead atoms. The number of hydrogen-bond acceptors (Lipinski definition) is 7. The van der Waals surface area contributed by atoms with Crippen LogP contribution in [-0.2, 0) is 4.79 Å². The third-order valence-electron chi connectivity index (χ3n) is 5.80. The summed E-state index contributed by atoms with van der Waals surface area (Å²) in [7, 11) is 3.19. The number of fused-ring (bicyclic) bond motifs is 1. The molecule has 35 heavy (non-hydrogen) atoms. The Bertz CT molecular complexity index is 1400. The normalized spacial score (nSPS) is 14.7. The van der Waals surface area contributed by atoms with Gasteiger partial charge in [0.15, 0.2) is 5.82 Å². The van der Waals surface area contributed by atoms with Gasteiger partial charge in [-0.05, 0) is 55.0 Å². The van der Waals surface area contributed by atoms with Crippen molar-refractivity contribution in [2.75, 3.05) is 24.9 Å². The van der Waals surface area contributed by atoms with Crippen molar-refractivity contribution >= 4 is 17.5 Å². The number of ether oxygens (including phenoxy) is 2. The summed E-state index contributed by atoms with van der Waals surface area (Å²) < 4.78 is 12.4. The lowest BCUT2D eigenvalue weighted by atomic mass is 9.96. The summed E-state index contributed by atoms with van der Waals surface area (Å²) in [6, 6.07) is 18.0. The first kappa shape index (κ1) is 22.1. The molecule has 5 rings (SSSR count). The Kier molecular flexibility index (Phi) is 5.88. The maximum absolute atomic E-state index is 13.6. The van der Waals surface area contributed by atoms with Crippen molar-refractivity contribution < 1.29 is 14.3 Å². The number of anilines is 2. The van der Waals surface area contributed by atoms with Crippen LogP contribution in [0.3, 0.4) is 0 Å². The number of methoxy groups -OCH3 is 2. The van der Waals surface area contributed by atoms with Crippen LogP contribution in [-0.4, -0.2) is 39.9 Å². The van der Waals surface area contributed by atoms with Crippen LogP contribution in [0.4, 0.5) is 11.6 Å². The van der Waals surface area contributed by atoms with E-state index in [4.69, 9.17) is 19.6 Å². The molecule has 2 aromatic carbocycles. The summed E-state index contributed by atoms with van der Waals surface area (Å²) in [5, 5.41) is 11.0. The number of nitrogens with one attached hydrogen (secondary N) is 2. The minimum absolute atomic E-state index is 0.277. The number of para-hydroxylation sites is 2. The molecule has 0 spiro atoms. The summed E-state index contributed by atoms with van der Waals surface area (Å²) in [6.45, 7) is 1.85. The molecule has 9 heteroatoms. The second-order valence-corrected chi connectivity index (χ2v) is 7.94. The van der Waals surface area contributed by atoms with Gasteiger partial charge >= 0.3 is 0 Å². The second-order valence-electron chi connectivity index (χ2n) is 7.94. The third-order valence-corrected chi connectivity index (χ3v) is 5.80. The first-order chi connectivity index (χ1) is 17.1. The van der Waals surface area contributed by atoms with Crippen LogP contribution < -0.4 is 20.1 Å².